The van der Waals surface area contributed by atoms with E-state index in [0.717, 1.165) is 12.8 Å². The molecule has 108 valence electrons. The number of hydrogen-bond donors (Lipinski definition) is 2. The molecule has 5 nitrogen and oxygen atoms in total. The number of halogens is 1. The van der Waals surface area contributed by atoms with Crippen LogP contribution in [-0.4, -0.2) is 34.9 Å². The molecule has 1 aliphatic rings. The Bertz CT molecular complexity index is 519. The van der Waals surface area contributed by atoms with Gasteiger partial charge in [0.05, 0.1) is 6.42 Å². The van der Waals surface area contributed by atoms with Crippen molar-refractivity contribution < 1.29 is 14.4 Å². The summed E-state index contributed by atoms with van der Waals surface area (Å²) in [4.78, 5) is 13.9. The molecular weight excluding hydrogens is 261 g/mol. The number of nitrogens with zero attached hydrogens (tertiary/aromatic N) is 2. The van der Waals surface area contributed by atoms with Gasteiger partial charge in [0.15, 0.2) is 0 Å². The van der Waals surface area contributed by atoms with Gasteiger partial charge in [-0.15, -0.1) is 0 Å². The zero-order valence-corrected chi connectivity index (χ0v) is 11.1. The van der Waals surface area contributed by atoms with Gasteiger partial charge >= 0.3 is 0 Å². The van der Waals surface area contributed by atoms with E-state index in [2.05, 4.69) is 5.16 Å². The number of benzene rings is 1. The summed E-state index contributed by atoms with van der Waals surface area (Å²) in [7, 11) is 0. The number of carbonyl (C=O) groups excluding carboxylic acids is 1. The minimum atomic E-state index is -0.344. The van der Waals surface area contributed by atoms with Crippen LogP contribution < -0.4 is 5.73 Å². The molecule has 20 heavy (non-hydrogen) atoms. The van der Waals surface area contributed by atoms with Gasteiger partial charge in [-0.05, 0) is 30.5 Å². The molecule has 0 radical (unpaired) electrons. The molecule has 1 aromatic rings. The molecule has 1 aromatic carbocycles. The molecule has 1 heterocycles. The van der Waals surface area contributed by atoms with Crippen LogP contribution in [0.3, 0.4) is 0 Å². The number of rotatable bonds is 3. The van der Waals surface area contributed by atoms with E-state index < -0.39 is 0 Å². The summed E-state index contributed by atoms with van der Waals surface area (Å²) in [5.74, 6) is -0.354. The fourth-order valence-electron chi connectivity index (χ4n) is 2.46. The molecule has 0 spiro atoms. The number of likely N-dealkylation sites (tertiary alicyclic amines) is 1. The van der Waals surface area contributed by atoms with Crippen molar-refractivity contribution >= 4 is 11.7 Å². The Morgan fingerprint density at radius 3 is 3.05 bits per heavy atom. The van der Waals surface area contributed by atoms with Crippen LogP contribution in [0.4, 0.5) is 4.39 Å². The second-order valence-corrected chi connectivity index (χ2v) is 5.01. The third kappa shape index (κ3) is 3.46. The lowest BCUT2D eigenvalue weighted by atomic mass is 9.96. The van der Waals surface area contributed by atoms with E-state index in [-0.39, 0.29) is 29.9 Å². The van der Waals surface area contributed by atoms with Crippen molar-refractivity contribution in [3.8, 4) is 0 Å². The second kappa shape index (κ2) is 6.36. The van der Waals surface area contributed by atoms with Gasteiger partial charge in [-0.3, -0.25) is 4.79 Å². The highest BCUT2D eigenvalue weighted by atomic mass is 19.1. The van der Waals surface area contributed by atoms with Gasteiger partial charge < -0.3 is 15.8 Å². The first kappa shape index (κ1) is 14.3. The summed E-state index contributed by atoms with van der Waals surface area (Å²) in [5.41, 5.74) is 6.25. The van der Waals surface area contributed by atoms with Crippen molar-refractivity contribution in [2.75, 3.05) is 13.1 Å². The van der Waals surface area contributed by atoms with Crippen LogP contribution in [0.15, 0.2) is 29.4 Å². The van der Waals surface area contributed by atoms with Gasteiger partial charge in [0.1, 0.15) is 11.7 Å². The molecule has 0 aliphatic carbocycles. The average molecular weight is 279 g/mol. The average Bonchev–Trinajstić information content (AvgIpc) is 2.46. The third-order valence-electron chi connectivity index (χ3n) is 3.55. The molecule has 2 rings (SSSR count). The summed E-state index contributed by atoms with van der Waals surface area (Å²) >= 11 is 0. The molecule has 1 fully saturated rings. The summed E-state index contributed by atoms with van der Waals surface area (Å²) in [6.07, 6.45) is 1.79. The van der Waals surface area contributed by atoms with Gasteiger partial charge in [0.2, 0.25) is 5.91 Å². The Balaban J connectivity index is 1.98. The standard InChI is InChI=1S/C14H18FN3O2/c15-12-5-1-3-10(7-12)8-13(19)18-6-2-4-11(9-18)14(16)17-20/h1,3,5,7,11,20H,2,4,6,8-9H2,(H2,16,17). The van der Waals surface area contributed by atoms with Gasteiger partial charge in [-0.1, -0.05) is 17.3 Å². The Kier molecular flexibility index (Phi) is 4.55. The lowest BCUT2D eigenvalue weighted by molar-refractivity contribution is -0.131. The van der Waals surface area contributed by atoms with E-state index in [1.54, 1.807) is 17.0 Å². The minimum absolute atomic E-state index is 0.0639. The number of nitrogens with two attached hydrogens (primary N) is 1. The highest BCUT2D eigenvalue weighted by molar-refractivity contribution is 5.84. The quantitative estimate of drug-likeness (QED) is 0.379. The number of carbonyl (C=O) groups is 1. The molecule has 1 unspecified atom stereocenters. The van der Waals surface area contributed by atoms with Crippen molar-refractivity contribution in [1.29, 1.82) is 0 Å². The van der Waals surface area contributed by atoms with Crippen LogP contribution in [0.2, 0.25) is 0 Å². The van der Waals surface area contributed by atoms with Crippen molar-refractivity contribution in [3.63, 3.8) is 0 Å². The number of hydrogen-bond acceptors (Lipinski definition) is 3. The first-order chi connectivity index (χ1) is 9.60. The summed E-state index contributed by atoms with van der Waals surface area (Å²) in [6, 6.07) is 6.03. The van der Waals surface area contributed by atoms with Crippen molar-refractivity contribution in [2.45, 2.75) is 19.3 Å². The second-order valence-electron chi connectivity index (χ2n) is 5.01. The van der Waals surface area contributed by atoms with Crippen molar-refractivity contribution in [2.24, 2.45) is 16.8 Å². The maximum absolute atomic E-state index is 13.1. The predicted octanol–water partition coefficient (Wildman–Crippen LogP) is 1.35. The zero-order valence-electron chi connectivity index (χ0n) is 11.1. The zero-order chi connectivity index (χ0) is 14.5. The number of oxime groups is 1. The third-order valence-corrected chi connectivity index (χ3v) is 3.55. The number of amidine groups is 1. The van der Waals surface area contributed by atoms with Crippen LogP contribution >= 0.6 is 0 Å². The SMILES string of the molecule is NC(=NO)C1CCCN(C(=O)Cc2cccc(F)c2)C1. The fraction of sp³-hybridized carbons (Fsp3) is 0.429. The molecule has 1 amide bonds. The van der Waals surface area contributed by atoms with E-state index >= 15 is 0 Å². The Labute approximate surface area is 116 Å². The normalized spacial score (nSPS) is 19.9. The smallest absolute Gasteiger partial charge is 0.227 e. The van der Waals surface area contributed by atoms with E-state index in [9.17, 15) is 9.18 Å². The van der Waals surface area contributed by atoms with Crippen LogP contribution in [-0.2, 0) is 11.2 Å². The fourth-order valence-corrected chi connectivity index (χ4v) is 2.46. The molecule has 1 saturated heterocycles. The molecule has 3 N–H and O–H groups in total. The van der Waals surface area contributed by atoms with Gasteiger partial charge in [0.25, 0.3) is 0 Å². The summed E-state index contributed by atoms with van der Waals surface area (Å²) < 4.78 is 13.1. The van der Waals surface area contributed by atoms with Gasteiger partial charge in [-0.25, -0.2) is 4.39 Å². The molecule has 6 heteroatoms. The summed E-state index contributed by atoms with van der Waals surface area (Å²) in [5, 5.41) is 11.7. The van der Waals surface area contributed by atoms with Crippen molar-refractivity contribution in [1.82, 2.24) is 4.90 Å². The van der Waals surface area contributed by atoms with E-state index in [4.69, 9.17) is 10.9 Å². The number of amides is 1. The molecule has 0 saturated carbocycles. The first-order valence-electron chi connectivity index (χ1n) is 6.60. The molecular formula is C14H18FN3O2. The lowest BCUT2D eigenvalue weighted by Gasteiger charge is -2.32. The Morgan fingerprint density at radius 1 is 1.55 bits per heavy atom. The lowest BCUT2D eigenvalue weighted by Crippen LogP contribution is -2.44. The van der Waals surface area contributed by atoms with E-state index in [1.165, 1.54) is 12.1 Å². The van der Waals surface area contributed by atoms with Crippen LogP contribution in [0.1, 0.15) is 18.4 Å². The topological polar surface area (TPSA) is 78.9 Å². The maximum atomic E-state index is 13.1. The predicted molar refractivity (Wildman–Crippen MR) is 72.8 cm³/mol. The number of piperidine rings is 1. The molecule has 0 bridgehead atoms. The van der Waals surface area contributed by atoms with E-state index in [1.807, 2.05) is 0 Å². The monoisotopic (exact) mass is 279 g/mol. The van der Waals surface area contributed by atoms with Gasteiger partial charge in [0, 0.05) is 19.0 Å². The van der Waals surface area contributed by atoms with Crippen molar-refractivity contribution in [3.05, 3.63) is 35.6 Å². The van der Waals surface area contributed by atoms with E-state index in [0.29, 0.717) is 18.7 Å². The largest absolute Gasteiger partial charge is 0.409 e. The van der Waals surface area contributed by atoms with Crippen LogP contribution in [0.25, 0.3) is 0 Å². The molecule has 1 atom stereocenters. The minimum Gasteiger partial charge on any atom is -0.409 e. The van der Waals surface area contributed by atoms with Gasteiger partial charge in [-0.2, -0.15) is 0 Å². The highest BCUT2D eigenvalue weighted by Crippen LogP contribution is 2.18. The first-order valence-corrected chi connectivity index (χ1v) is 6.60. The Morgan fingerprint density at radius 2 is 2.35 bits per heavy atom. The Hall–Kier alpha value is -2.11. The molecule has 0 aromatic heterocycles. The maximum Gasteiger partial charge on any atom is 0.227 e. The van der Waals surface area contributed by atoms with Crippen LogP contribution in [0, 0.1) is 11.7 Å². The summed E-state index contributed by atoms with van der Waals surface area (Å²) in [6.45, 7) is 1.10. The molecule has 1 aliphatic heterocycles. The highest BCUT2D eigenvalue weighted by Gasteiger charge is 2.26. The van der Waals surface area contributed by atoms with Crippen LogP contribution in [0.5, 0.6) is 0 Å².